The zero-order valence-corrected chi connectivity index (χ0v) is 7.85. The van der Waals surface area contributed by atoms with Gasteiger partial charge in [0.2, 0.25) is 0 Å². The van der Waals surface area contributed by atoms with Crippen molar-refractivity contribution in [1.82, 2.24) is 0 Å². The molecule has 0 saturated carbocycles. The molecule has 0 heterocycles. The van der Waals surface area contributed by atoms with Crippen molar-refractivity contribution in [2.75, 3.05) is 0 Å². The number of hydrogen-bond acceptors (Lipinski definition) is 2. The Kier molecular flexibility index (Phi) is 3.12. The molecule has 1 rings (SSSR count). The highest BCUT2D eigenvalue weighted by Crippen LogP contribution is 2.29. The molecule has 2 nitrogen and oxygen atoms in total. The topological polar surface area (TPSA) is 40.5 Å². The van der Waals surface area contributed by atoms with Crippen LogP contribution in [-0.2, 0) is 6.42 Å². The van der Waals surface area contributed by atoms with Gasteiger partial charge in [0, 0.05) is 12.0 Å². The fourth-order valence-corrected chi connectivity index (χ4v) is 1.32. The molecule has 0 saturated heterocycles. The summed E-state index contributed by atoms with van der Waals surface area (Å²) in [4.78, 5) is 0. The summed E-state index contributed by atoms with van der Waals surface area (Å²) in [6.45, 7) is 1.55. The standard InChI is InChI=1S/C9H10ClFO2/c1-5(12)2-6-3-7(11)4-8(10)9(6)13/h3-5,12-13H,2H2,1H3. The van der Waals surface area contributed by atoms with Crippen molar-refractivity contribution >= 4 is 11.6 Å². The van der Waals surface area contributed by atoms with E-state index in [1.54, 1.807) is 6.92 Å². The van der Waals surface area contributed by atoms with Crippen molar-refractivity contribution in [3.63, 3.8) is 0 Å². The van der Waals surface area contributed by atoms with Crippen LogP contribution in [0, 0.1) is 5.82 Å². The second-order valence-corrected chi connectivity index (χ2v) is 3.36. The molecule has 0 bridgehead atoms. The maximum absolute atomic E-state index is 12.8. The van der Waals surface area contributed by atoms with Crippen LogP contribution in [0.3, 0.4) is 0 Å². The van der Waals surface area contributed by atoms with Gasteiger partial charge in [-0.1, -0.05) is 11.6 Å². The van der Waals surface area contributed by atoms with Crippen molar-refractivity contribution in [1.29, 1.82) is 0 Å². The van der Waals surface area contributed by atoms with Gasteiger partial charge in [-0.25, -0.2) is 4.39 Å². The summed E-state index contributed by atoms with van der Waals surface area (Å²) in [6.07, 6.45) is -0.452. The number of aliphatic hydroxyl groups is 1. The van der Waals surface area contributed by atoms with Crippen LogP contribution in [0.2, 0.25) is 5.02 Å². The first kappa shape index (κ1) is 10.3. The maximum Gasteiger partial charge on any atom is 0.137 e. The summed E-state index contributed by atoms with van der Waals surface area (Å²) in [7, 11) is 0. The van der Waals surface area contributed by atoms with E-state index in [2.05, 4.69) is 0 Å². The average Bonchev–Trinajstić information content (AvgIpc) is 1.98. The highest BCUT2D eigenvalue weighted by atomic mass is 35.5. The Morgan fingerprint density at radius 3 is 2.69 bits per heavy atom. The molecule has 1 aromatic carbocycles. The maximum atomic E-state index is 12.8. The average molecular weight is 205 g/mol. The molecular weight excluding hydrogens is 195 g/mol. The Balaban J connectivity index is 3.05. The van der Waals surface area contributed by atoms with E-state index in [0.29, 0.717) is 5.56 Å². The number of aromatic hydroxyl groups is 1. The normalized spacial score (nSPS) is 12.9. The lowest BCUT2D eigenvalue weighted by atomic mass is 10.1. The molecule has 4 heteroatoms. The van der Waals surface area contributed by atoms with Gasteiger partial charge in [0.25, 0.3) is 0 Å². The van der Waals surface area contributed by atoms with Gasteiger partial charge in [-0.05, 0) is 19.1 Å². The van der Waals surface area contributed by atoms with Crippen LogP contribution in [-0.4, -0.2) is 16.3 Å². The summed E-state index contributed by atoms with van der Waals surface area (Å²) in [5, 5.41) is 18.4. The molecule has 0 spiro atoms. The van der Waals surface area contributed by atoms with E-state index in [-0.39, 0.29) is 17.2 Å². The van der Waals surface area contributed by atoms with Gasteiger partial charge < -0.3 is 10.2 Å². The Morgan fingerprint density at radius 2 is 2.15 bits per heavy atom. The summed E-state index contributed by atoms with van der Waals surface area (Å²) >= 11 is 5.53. The number of hydrogen-bond donors (Lipinski definition) is 2. The lowest BCUT2D eigenvalue weighted by Gasteiger charge is -2.08. The molecule has 72 valence electrons. The second-order valence-electron chi connectivity index (χ2n) is 2.95. The fourth-order valence-electron chi connectivity index (χ4n) is 1.09. The zero-order valence-electron chi connectivity index (χ0n) is 7.09. The van der Waals surface area contributed by atoms with E-state index in [4.69, 9.17) is 16.7 Å². The fraction of sp³-hybridized carbons (Fsp3) is 0.333. The minimum absolute atomic E-state index is 0.0318. The third kappa shape index (κ3) is 2.57. The number of rotatable bonds is 2. The first-order valence-electron chi connectivity index (χ1n) is 3.85. The van der Waals surface area contributed by atoms with Crippen LogP contribution in [0.15, 0.2) is 12.1 Å². The highest BCUT2D eigenvalue weighted by molar-refractivity contribution is 6.32. The van der Waals surface area contributed by atoms with E-state index >= 15 is 0 Å². The molecule has 1 unspecified atom stereocenters. The Labute approximate surface area is 80.6 Å². The summed E-state index contributed by atoms with van der Waals surface area (Å²) in [5.74, 6) is -0.678. The van der Waals surface area contributed by atoms with Gasteiger partial charge in [-0.3, -0.25) is 0 Å². The van der Waals surface area contributed by atoms with Gasteiger partial charge in [-0.15, -0.1) is 0 Å². The Bertz CT molecular complexity index is 313. The lowest BCUT2D eigenvalue weighted by molar-refractivity contribution is 0.194. The van der Waals surface area contributed by atoms with Crippen molar-refractivity contribution in [3.05, 3.63) is 28.5 Å². The molecule has 2 N–H and O–H groups in total. The summed E-state index contributed by atoms with van der Waals surface area (Å²) in [6, 6.07) is 2.19. The first-order chi connectivity index (χ1) is 6.00. The van der Waals surface area contributed by atoms with Crippen molar-refractivity contribution in [2.45, 2.75) is 19.4 Å². The smallest absolute Gasteiger partial charge is 0.137 e. The van der Waals surface area contributed by atoms with Crippen molar-refractivity contribution in [2.24, 2.45) is 0 Å². The van der Waals surface area contributed by atoms with E-state index in [9.17, 15) is 9.50 Å². The van der Waals surface area contributed by atoms with Gasteiger partial charge in [0.15, 0.2) is 0 Å². The van der Waals surface area contributed by atoms with Crippen LogP contribution >= 0.6 is 11.6 Å². The van der Waals surface area contributed by atoms with Gasteiger partial charge in [-0.2, -0.15) is 0 Å². The predicted octanol–water partition coefficient (Wildman–Crippen LogP) is 2.11. The van der Waals surface area contributed by atoms with Crippen molar-refractivity contribution < 1.29 is 14.6 Å². The summed E-state index contributed by atoms with van der Waals surface area (Å²) in [5.41, 5.74) is 0.319. The number of phenolic OH excluding ortho intramolecular Hbond substituents is 1. The molecule has 1 aromatic rings. The molecule has 0 aliphatic carbocycles. The molecular formula is C9H10ClFO2. The largest absolute Gasteiger partial charge is 0.506 e. The van der Waals surface area contributed by atoms with E-state index < -0.39 is 11.9 Å². The molecule has 0 fully saturated rings. The van der Waals surface area contributed by atoms with Crippen LogP contribution < -0.4 is 0 Å². The second kappa shape index (κ2) is 3.94. The Hall–Kier alpha value is -0.800. The quantitative estimate of drug-likeness (QED) is 0.775. The lowest BCUT2D eigenvalue weighted by Crippen LogP contribution is -2.04. The monoisotopic (exact) mass is 204 g/mol. The number of halogens is 2. The van der Waals surface area contributed by atoms with Crippen LogP contribution in [0.5, 0.6) is 5.75 Å². The third-order valence-electron chi connectivity index (χ3n) is 1.62. The van der Waals surface area contributed by atoms with Crippen LogP contribution in [0.4, 0.5) is 4.39 Å². The molecule has 1 atom stereocenters. The number of phenols is 1. The van der Waals surface area contributed by atoms with E-state index in [1.165, 1.54) is 0 Å². The van der Waals surface area contributed by atoms with Crippen LogP contribution in [0.25, 0.3) is 0 Å². The molecule has 13 heavy (non-hydrogen) atoms. The predicted molar refractivity (Wildman–Crippen MR) is 48.5 cm³/mol. The van der Waals surface area contributed by atoms with Gasteiger partial charge in [0.05, 0.1) is 11.1 Å². The van der Waals surface area contributed by atoms with Gasteiger partial charge in [0.1, 0.15) is 11.6 Å². The van der Waals surface area contributed by atoms with Crippen LogP contribution in [0.1, 0.15) is 12.5 Å². The van der Waals surface area contributed by atoms with Crippen molar-refractivity contribution in [3.8, 4) is 5.75 Å². The zero-order chi connectivity index (χ0) is 10.0. The molecule has 0 radical (unpaired) electrons. The molecule has 0 aliphatic rings. The molecule has 0 aliphatic heterocycles. The number of benzene rings is 1. The Morgan fingerprint density at radius 1 is 1.54 bits per heavy atom. The number of aliphatic hydroxyl groups excluding tert-OH is 1. The molecule has 0 aromatic heterocycles. The third-order valence-corrected chi connectivity index (χ3v) is 1.91. The SMILES string of the molecule is CC(O)Cc1cc(F)cc(Cl)c1O. The van der Waals surface area contributed by atoms with E-state index in [0.717, 1.165) is 12.1 Å². The highest BCUT2D eigenvalue weighted by Gasteiger charge is 2.10. The minimum atomic E-state index is -0.635. The summed E-state index contributed by atoms with van der Waals surface area (Å²) < 4.78 is 12.8. The van der Waals surface area contributed by atoms with E-state index in [1.807, 2.05) is 0 Å². The van der Waals surface area contributed by atoms with Gasteiger partial charge >= 0.3 is 0 Å². The first-order valence-corrected chi connectivity index (χ1v) is 4.23. The minimum Gasteiger partial charge on any atom is -0.506 e. The molecule has 0 amide bonds.